The fraction of sp³-hybridized carbons (Fsp3) is 0.417. The molecule has 5 heteroatoms. The molecular weight excluding hydrogens is 222 g/mol. The number of alkyl carbamates (subject to hydrolysis) is 1. The second-order valence-corrected chi connectivity index (χ2v) is 3.02. The van der Waals surface area contributed by atoms with Gasteiger partial charge in [0.15, 0.2) is 0 Å². The third-order valence-corrected chi connectivity index (χ3v) is 1.72. The number of aliphatic hydroxyl groups excluding tert-OH is 1. The summed E-state index contributed by atoms with van der Waals surface area (Å²) in [6, 6.07) is 0. The van der Waals surface area contributed by atoms with Gasteiger partial charge in [0.25, 0.3) is 0 Å². The van der Waals surface area contributed by atoms with E-state index in [9.17, 15) is 4.79 Å². The van der Waals surface area contributed by atoms with Crippen LogP contribution in [-0.4, -0.2) is 44.2 Å². The molecule has 0 aliphatic carbocycles. The van der Waals surface area contributed by atoms with E-state index in [4.69, 9.17) is 14.6 Å². The highest BCUT2D eigenvalue weighted by Crippen LogP contribution is 1.97. The number of aliphatic hydroxyl groups is 1. The molecule has 0 saturated heterocycles. The van der Waals surface area contributed by atoms with Gasteiger partial charge < -0.3 is 19.9 Å². The van der Waals surface area contributed by atoms with E-state index in [-0.39, 0.29) is 19.8 Å². The summed E-state index contributed by atoms with van der Waals surface area (Å²) in [4.78, 5) is 11.2. The normalized spacial score (nSPS) is 10.8. The molecule has 0 aliphatic heterocycles. The van der Waals surface area contributed by atoms with Crippen LogP contribution < -0.4 is 5.32 Å². The van der Waals surface area contributed by atoms with Gasteiger partial charge in [-0.3, -0.25) is 0 Å². The van der Waals surface area contributed by atoms with Gasteiger partial charge in [0.1, 0.15) is 6.61 Å². The summed E-state index contributed by atoms with van der Waals surface area (Å²) in [5.41, 5.74) is 0.770. The number of hydrogen-bond acceptors (Lipinski definition) is 4. The van der Waals surface area contributed by atoms with Crippen LogP contribution in [-0.2, 0) is 9.47 Å². The van der Waals surface area contributed by atoms with E-state index < -0.39 is 6.09 Å². The molecule has 0 fully saturated rings. The highest BCUT2D eigenvalue weighted by atomic mass is 16.5. The highest BCUT2D eigenvalue weighted by molar-refractivity contribution is 5.67. The predicted molar refractivity (Wildman–Crippen MR) is 65.7 cm³/mol. The van der Waals surface area contributed by atoms with Gasteiger partial charge in [0.2, 0.25) is 0 Å². The SMILES string of the molecule is C=C/C=C(\C=C)COC(=O)NCCOCCO. The first-order valence-corrected chi connectivity index (χ1v) is 5.27. The molecule has 1 amide bonds. The second-order valence-electron chi connectivity index (χ2n) is 3.02. The Morgan fingerprint density at radius 2 is 2.12 bits per heavy atom. The van der Waals surface area contributed by atoms with Crippen LogP contribution in [0, 0.1) is 0 Å². The summed E-state index contributed by atoms with van der Waals surface area (Å²) in [5, 5.41) is 10.9. The van der Waals surface area contributed by atoms with E-state index in [0.717, 1.165) is 5.57 Å². The van der Waals surface area contributed by atoms with Crippen LogP contribution in [0.1, 0.15) is 0 Å². The van der Waals surface area contributed by atoms with Crippen molar-refractivity contribution < 1.29 is 19.4 Å². The summed E-state index contributed by atoms with van der Waals surface area (Å²) >= 11 is 0. The maximum Gasteiger partial charge on any atom is 0.407 e. The molecule has 0 rings (SSSR count). The first kappa shape index (κ1) is 15.4. The van der Waals surface area contributed by atoms with Crippen LogP contribution in [0.5, 0.6) is 0 Å². The van der Waals surface area contributed by atoms with Crippen molar-refractivity contribution in [2.24, 2.45) is 0 Å². The van der Waals surface area contributed by atoms with Gasteiger partial charge in [-0.15, -0.1) is 0 Å². The molecule has 0 aromatic carbocycles. The lowest BCUT2D eigenvalue weighted by atomic mass is 10.2. The molecule has 2 N–H and O–H groups in total. The minimum Gasteiger partial charge on any atom is -0.445 e. The maximum absolute atomic E-state index is 11.2. The molecule has 96 valence electrons. The lowest BCUT2D eigenvalue weighted by Crippen LogP contribution is -2.28. The molecule has 0 atom stereocenters. The first-order valence-electron chi connectivity index (χ1n) is 5.27. The van der Waals surface area contributed by atoms with Gasteiger partial charge in [0, 0.05) is 6.54 Å². The zero-order valence-corrected chi connectivity index (χ0v) is 9.85. The van der Waals surface area contributed by atoms with Gasteiger partial charge in [-0.2, -0.15) is 0 Å². The minimum absolute atomic E-state index is 0.0283. The van der Waals surface area contributed by atoms with E-state index in [1.165, 1.54) is 0 Å². The van der Waals surface area contributed by atoms with Crippen molar-refractivity contribution in [3.63, 3.8) is 0 Å². The van der Waals surface area contributed by atoms with Gasteiger partial charge in [-0.25, -0.2) is 4.79 Å². The van der Waals surface area contributed by atoms with Crippen LogP contribution in [0.3, 0.4) is 0 Å². The lowest BCUT2D eigenvalue weighted by molar-refractivity contribution is 0.0915. The van der Waals surface area contributed by atoms with Crippen molar-refractivity contribution in [2.45, 2.75) is 0 Å². The molecule has 0 saturated carbocycles. The molecule has 0 aromatic heterocycles. The van der Waals surface area contributed by atoms with Gasteiger partial charge >= 0.3 is 6.09 Å². The number of rotatable bonds is 9. The van der Waals surface area contributed by atoms with Crippen LogP contribution >= 0.6 is 0 Å². The highest BCUT2D eigenvalue weighted by Gasteiger charge is 2.01. The van der Waals surface area contributed by atoms with E-state index in [1.807, 2.05) is 0 Å². The average molecular weight is 241 g/mol. The van der Waals surface area contributed by atoms with Crippen molar-refractivity contribution in [1.82, 2.24) is 5.32 Å². The molecule has 0 radical (unpaired) electrons. The number of carbonyl (C=O) groups excluding carboxylic acids is 1. The summed E-state index contributed by atoms with van der Waals surface area (Å²) in [6.07, 6.45) is 4.39. The molecule has 5 nitrogen and oxygen atoms in total. The molecular formula is C12H19NO4. The maximum atomic E-state index is 11.2. The van der Waals surface area contributed by atoms with Crippen molar-refractivity contribution in [1.29, 1.82) is 0 Å². The van der Waals surface area contributed by atoms with Crippen molar-refractivity contribution in [3.05, 3.63) is 37.0 Å². The van der Waals surface area contributed by atoms with E-state index in [0.29, 0.717) is 13.2 Å². The topological polar surface area (TPSA) is 67.8 Å². The molecule has 0 aliphatic rings. The monoisotopic (exact) mass is 241 g/mol. The number of carbonyl (C=O) groups is 1. The Labute approximate surface area is 101 Å². The smallest absolute Gasteiger partial charge is 0.407 e. The predicted octanol–water partition coefficient (Wildman–Crippen LogP) is 1.02. The number of ether oxygens (including phenoxy) is 2. The Bertz CT molecular complexity index is 274. The molecule has 0 unspecified atom stereocenters. The van der Waals surface area contributed by atoms with Crippen LogP contribution in [0.25, 0.3) is 0 Å². The Hall–Kier alpha value is -1.59. The van der Waals surface area contributed by atoms with Gasteiger partial charge in [-0.1, -0.05) is 31.4 Å². The van der Waals surface area contributed by atoms with Crippen molar-refractivity contribution >= 4 is 6.09 Å². The molecule has 0 aromatic rings. The van der Waals surface area contributed by atoms with Crippen molar-refractivity contribution in [3.8, 4) is 0 Å². The summed E-state index contributed by atoms with van der Waals surface area (Å²) in [7, 11) is 0. The molecule has 0 bridgehead atoms. The number of nitrogens with one attached hydrogen (secondary N) is 1. The Morgan fingerprint density at radius 1 is 1.35 bits per heavy atom. The van der Waals surface area contributed by atoms with Gasteiger partial charge in [-0.05, 0) is 5.57 Å². The van der Waals surface area contributed by atoms with Crippen LogP contribution in [0.2, 0.25) is 0 Å². The zero-order chi connectivity index (χ0) is 12.9. The molecule has 17 heavy (non-hydrogen) atoms. The standard InChI is InChI=1S/C12H19NO4/c1-3-5-11(4-2)10-17-12(15)13-6-8-16-9-7-14/h3-5,14H,1-2,6-10H2,(H,13,15)/b11-5+. The average Bonchev–Trinajstić information content (AvgIpc) is 2.34. The van der Waals surface area contributed by atoms with E-state index in [2.05, 4.69) is 18.5 Å². The number of hydrogen-bond donors (Lipinski definition) is 2. The third kappa shape index (κ3) is 9.35. The fourth-order valence-corrected chi connectivity index (χ4v) is 0.918. The van der Waals surface area contributed by atoms with Crippen LogP contribution in [0.15, 0.2) is 37.0 Å². The minimum atomic E-state index is -0.519. The van der Waals surface area contributed by atoms with Gasteiger partial charge in [0.05, 0.1) is 19.8 Å². The largest absolute Gasteiger partial charge is 0.445 e. The lowest BCUT2D eigenvalue weighted by Gasteiger charge is -2.07. The quantitative estimate of drug-likeness (QED) is 0.467. The second kappa shape index (κ2) is 10.9. The molecule has 0 heterocycles. The molecule has 0 spiro atoms. The summed E-state index contributed by atoms with van der Waals surface area (Å²) < 4.78 is 9.87. The summed E-state index contributed by atoms with van der Waals surface area (Å²) in [6.45, 7) is 8.19. The summed E-state index contributed by atoms with van der Waals surface area (Å²) in [5.74, 6) is 0. The Morgan fingerprint density at radius 3 is 2.71 bits per heavy atom. The fourth-order valence-electron chi connectivity index (χ4n) is 0.918. The third-order valence-electron chi connectivity index (χ3n) is 1.72. The van der Waals surface area contributed by atoms with Crippen molar-refractivity contribution in [2.75, 3.05) is 33.0 Å². The van der Waals surface area contributed by atoms with E-state index >= 15 is 0 Å². The Kier molecular flexibility index (Phi) is 9.89. The first-order chi connectivity index (χ1) is 8.24. The van der Waals surface area contributed by atoms with Crippen LogP contribution in [0.4, 0.5) is 4.79 Å². The number of allylic oxidation sites excluding steroid dienone is 2. The van der Waals surface area contributed by atoms with E-state index in [1.54, 1.807) is 18.2 Å². The number of amides is 1. The Balaban J connectivity index is 3.61. The zero-order valence-electron chi connectivity index (χ0n) is 9.85.